The number of ether oxygens (including phenoxy) is 1. The van der Waals surface area contributed by atoms with E-state index in [2.05, 4.69) is 19.2 Å². The molecule has 4 nitrogen and oxygen atoms in total. The summed E-state index contributed by atoms with van der Waals surface area (Å²) in [7, 11) is -1.39. The van der Waals surface area contributed by atoms with Gasteiger partial charge in [0.1, 0.15) is 0 Å². The molecule has 104 valence electrons. The molecule has 0 rings (SSSR count). The third-order valence-corrected chi connectivity index (χ3v) is 4.97. The predicted octanol–water partition coefficient (Wildman–Crippen LogP) is 1.46. The second kappa shape index (κ2) is 8.89. The van der Waals surface area contributed by atoms with Crippen LogP contribution in [0.4, 0.5) is 0 Å². The van der Waals surface area contributed by atoms with Crippen LogP contribution in [0.1, 0.15) is 33.6 Å². The fourth-order valence-corrected chi connectivity index (χ4v) is 2.72. The molecule has 0 saturated carbocycles. The largest absolute Gasteiger partial charge is 0.385 e. The summed E-state index contributed by atoms with van der Waals surface area (Å²) in [5, 5.41) is 2.89. The first-order valence-electron chi connectivity index (χ1n) is 6.31. The Morgan fingerprint density at radius 1 is 1.24 bits per heavy atom. The average molecular weight is 265 g/mol. The van der Waals surface area contributed by atoms with Crippen molar-refractivity contribution >= 4 is 9.84 Å². The van der Waals surface area contributed by atoms with Crippen molar-refractivity contribution < 1.29 is 13.2 Å². The maximum atomic E-state index is 11.8. The molecule has 0 heterocycles. The van der Waals surface area contributed by atoms with E-state index in [9.17, 15) is 8.42 Å². The van der Waals surface area contributed by atoms with Gasteiger partial charge in [-0.05, 0) is 32.2 Å². The van der Waals surface area contributed by atoms with Crippen molar-refractivity contribution in [3.8, 4) is 0 Å². The SMILES string of the molecule is COCCCS(=O)(=O)C(C)CNCCC(C)C. The van der Waals surface area contributed by atoms with Crippen LogP contribution in [0.15, 0.2) is 0 Å². The van der Waals surface area contributed by atoms with E-state index >= 15 is 0 Å². The molecule has 0 radical (unpaired) electrons. The maximum absolute atomic E-state index is 11.8. The standard InChI is InChI=1S/C12H27NO3S/c1-11(2)6-7-13-10-12(3)17(14,15)9-5-8-16-4/h11-13H,5-10H2,1-4H3. The lowest BCUT2D eigenvalue weighted by molar-refractivity contribution is 0.199. The molecule has 0 aromatic rings. The van der Waals surface area contributed by atoms with Gasteiger partial charge in [-0.3, -0.25) is 0 Å². The van der Waals surface area contributed by atoms with Crippen molar-refractivity contribution in [1.82, 2.24) is 5.32 Å². The third-order valence-electron chi connectivity index (χ3n) is 2.72. The predicted molar refractivity (Wildman–Crippen MR) is 72.1 cm³/mol. The second-order valence-corrected chi connectivity index (χ2v) is 7.45. The molecule has 0 aliphatic carbocycles. The first-order valence-corrected chi connectivity index (χ1v) is 8.03. The van der Waals surface area contributed by atoms with Crippen LogP contribution in [0, 0.1) is 5.92 Å². The van der Waals surface area contributed by atoms with Crippen molar-refractivity contribution in [2.75, 3.05) is 32.6 Å². The summed E-state index contributed by atoms with van der Waals surface area (Å²) >= 11 is 0. The first-order chi connectivity index (χ1) is 7.90. The van der Waals surface area contributed by atoms with E-state index in [1.54, 1.807) is 14.0 Å². The minimum atomic E-state index is -2.98. The van der Waals surface area contributed by atoms with Gasteiger partial charge in [0.25, 0.3) is 0 Å². The van der Waals surface area contributed by atoms with Gasteiger partial charge in [-0.2, -0.15) is 0 Å². The second-order valence-electron chi connectivity index (χ2n) is 4.91. The molecule has 0 aromatic heterocycles. The van der Waals surface area contributed by atoms with E-state index in [4.69, 9.17) is 4.74 Å². The maximum Gasteiger partial charge on any atom is 0.154 e. The van der Waals surface area contributed by atoms with Crippen LogP contribution in [0.5, 0.6) is 0 Å². The number of hydrogen-bond donors (Lipinski definition) is 1. The number of sulfone groups is 1. The zero-order valence-electron chi connectivity index (χ0n) is 11.5. The summed E-state index contributed by atoms with van der Waals surface area (Å²) in [6.07, 6.45) is 1.66. The van der Waals surface area contributed by atoms with Crippen LogP contribution < -0.4 is 5.32 Å². The lowest BCUT2D eigenvalue weighted by Crippen LogP contribution is -2.33. The molecule has 1 atom stereocenters. The highest BCUT2D eigenvalue weighted by Gasteiger charge is 2.19. The molecule has 0 aliphatic heterocycles. The molecule has 0 bridgehead atoms. The Labute approximate surface area is 106 Å². The van der Waals surface area contributed by atoms with Crippen LogP contribution in [0.3, 0.4) is 0 Å². The lowest BCUT2D eigenvalue weighted by Gasteiger charge is -2.14. The molecule has 5 heteroatoms. The summed E-state index contributed by atoms with van der Waals surface area (Å²) in [6.45, 7) is 8.02. The normalized spacial score (nSPS) is 14.2. The van der Waals surface area contributed by atoms with Crippen molar-refractivity contribution in [3.05, 3.63) is 0 Å². The first kappa shape index (κ1) is 16.9. The zero-order chi connectivity index (χ0) is 13.3. The van der Waals surface area contributed by atoms with Crippen molar-refractivity contribution in [3.63, 3.8) is 0 Å². The molecule has 1 unspecified atom stereocenters. The van der Waals surface area contributed by atoms with E-state index in [1.807, 2.05) is 0 Å². The lowest BCUT2D eigenvalue weighted by atomic mass is 10.1. The van der Waals surface area contributed by atoms with Crippen molar-refractivity contribution in [2.24, 2.45) is 5.92 Å². The zero-order valence-corrected chi connectivity index (χ0v) is 12.3. The van der Waals surface area contributed by atoms with Crippen LogP contribution in [-0.4, -0.2) is 46.2 Å². The molecule has 0 spiro atoms. The molecule has 0 saturated heterocycles. The highest BCUT2D eigenvalue weighted by Crippen LogP contribution is 2.04. The van der Waals surface area contributed by atoms with Crippen LogP contribution in [-0.2, 0) is 14.6 Å². The van der Waals surface area contributed by atoms with Crippen molar-refractivity contribution in [1.29, 1.82) is 0 Å². The Bertz CT molecular complexity index is 275. The molecular formula is C12H27NO3S. The van der Waals surface area contributed by atoms with Gasteiger partial charge in [-0.1, -0.05) is 13.8 Å². The minimum Gasteiger partial charge on any atom is -0.385 e. The summed E-state index contributed by atoms with van der Waals surface area (Å²) in [6, 6.07) is 0. The van der Waals surface area contributed by atoms with Gasteiger partial charge in [0.15, 0.2) is 9.84 Å². The van der Waals surface area contributed by atoms with E-state index in [-0.39, 0.29) is 11.0 Å². The van der Waals surface area contributed by atoms with Gasteiger partial charge in [0.2, 0.25) is 0 Å². The summed E-state index contributed by atoms with van der Waals surface area (Å²) < 4.78 is 28.5. The molecule has 17 heavy (non-hydrogen) atoms. The number of nitrogens with one attached hydrogen (secondary N) is 1. The molecule has 1 N–H and O–H groups in total. The van der Waals surface area contributed by atoms with Gasteiger partial charge in [0, 0.05) is 20.3 Å². The van der Waals surface area contributed by atoms with E-state index in [0.717, 1.165) is 13.0 Å². The summed E-state index contributed by atoms with van der Waals surface area (Å²) in [5.74, 6) is 0.865. The monoisotopic (exact) mass is 265 g/mol. The highest BCUT2D eigenvalue weighted by molar-refractivity contribution is 7.92. The van der Waals surface area contributed by atoms with Crippen LogP contribution in [0.2, 0.25) is 0 Å². The topological polar surface area (TPSA) is 55.4 Å². The number of methoxy groups -OCH3 is 1. The van der Waals surface area contributed by atoms with Gasteiger partial charge in [0.05, 0.1) is 11.0 Å². The van der Waals surface area contributed by atoms with Crippen molar-refractivity contribution in [2.45, 2.75) is 38.9 Å². The smallest absolute Gasteiger partial charge is 0.154 e. The Kier molecular flexibility index (Phi) is 8.82. The van der Waals surface area contributed by atoms with E-state index in [1.165, 1.54) is 0 Å². The molecular weight excluding hydrogens is 238 g/mol. The van der Waals surface area contributed by atoms with Gasteiger partial charge in [-0.15, -0.1) is 0 Å². The van der Waals surface area contributed by atoms with Gasteiger partial charge in [-0.25, -0.2) is 8.42 Å². The average Bonchev–Trinajstić information content (AvgIpc) is 2.24. The number of rotatable bonds is 10. The highest BCUT2D eigenvalue weighted by atomic mass is 32.2. The molecule has 0 aromatic carbocycles. The summed E-state index contributed by atoms with van der Waals surface area (Å²) in [4.78, 5) is 0. The minimum absolute atomic E-state index is 0.216. The Hall–Kier alpha value is -0.130. The molecule has 0 aliphatic rings. The third kappa shape index (κ3) is 8.57. The van der Waals surface area contributed by atoms with E-state index < -0.39 is 9.84 Å². The number of hydrogen-bond acceptors (Lipinski definition) is 4. The Morgan fingerprint density at radius 2 is 1.88 bits per heavy atom. The summed E-state index contributed by atoms with van der Waals surface area (Å²) in [5.41, 5.74) is 0. The van der Waals surface area contributed by atoms with Crippen LogP contribution >= 0.6 is 0 Å². The Balaban J connectivity index is 3.82. The molecule has 0 amide bonds. The Morgan fingerprint density at radius 3 is 2.41 bits per heavy atom. The van der Waals surface area contributed by atoms with E-state index in [0.29, 0.717) is 25.5 Å². The van der Waals surface area contributed by atoms with Crippen LogP contribution in [0.25, 0.3) is 0 Å². The van der Waals surface area contributed by atoms with Gasteiger partial charge < -0.3 is 10.1 Å². The van der Waals surface area contributed by atoms with Gasteiger partial charge >= 0.3 is 0 Å². The fourth-order valence-electron chi connectivity index (χ4n) is 1.43. The quantitative estimate of drug-likeness (QED) is 0.608. The fraction of sp³-hybridized carbons (Fsp3) is 1.00. The molecule has 0 fully saturated rings.